The van der Waals surface area contributed by atoms with Crippen LogP contribution in [0.1, 0.15) is 5.56 Å². The Hall–Kier alpha value is -3.37. The molecule has 0 saturated heterocycles. The van der Waals surface area contributed by atoms with E-state index in [9.17, 15) is 20.2 Å². The van der Waals surface area contributed by atoms with Crippen LogP contribution >= 0.6 is 11.6 Å². The van der Waals surface area contributed by atoms with Crippen LogP contribution < -0.4 is 10.1 Å². The number of hydrogen-bond donors (Lipinski definition) is 1. The average Bonchev–Trinajstić information content (AvgIpc) is 2.61. The standard InChI is InChI=1S/C17H12ClN3O4/c1-25-14-5-2-11(3-6-14)8-12(10-19)17(22)20-16-7-4-13(21(23)24)9-15(16)18/h2-9H,1H3,(H,20,22)/b12-8+. The summed E-state index contributed by atoms with van der Waals surface area (Å²) < 4.78 is 5.04. The summed E-state index contributed by atoms with van der Waals surface area (Å²) in [5, 5.41) is 22.4. The second-order valence-electron chi connectivity index (χ2n) is 4.82. The van der Waals surface area contributed by atoms with E-state index in [1.807, 2.05) is 6.07 Å². The minimum atomic E-state index is -0.672. The van der Waals surface area contributed by atoms with Gasteiger partial charge < -0.3 is 10.1 Å². The number of rotatable bonds is 5. The van der Waals surface area contributed by atoms with Gasteiger partial charge in [-0.2, -0.15) is 5.26 Å². The molecular weight excluding hydrogens is 346 g/mol. The van der Waals surface area contributed by atoms with Crippen molar-refractivity contribution in [1.29, 1.82) is 5.26 Å². The van der Waals surface area contributed by atoms with Crippen molar-refractivity contribution in [3.05, 3.63) is 68.7 Å². The normalized spacial score (nSPS) is 10.7. The SMILES string of the molecule is COc1ccc(/C=C(\C#N)C(=O)Nc2ccc([N+](=O)[O-])cc2Cl)cc1. The maximum atomic E-state index is 12.2. The highest BCUT2D eigenvalue weighted by Gasteiger charge is 2.14. The molecule has 1 N–H and O–H groups in total. The average molecular weight is 358 g/mol. The number of carbonyl (C=O) groups excluding carboxylic acids is 1. The molecule has 7 nitrogen and oxygen atoms in total. The third-order valence-corrected chi connectivity index (χ3v) is 3.52. The molecule has 25 heavy (non-hydrogen) atoms. The van der Waals surface area contributed by atoms with E-state index in [0.29, 0.717) is 11.3 Å². The highest BCUT2D eigenvalue weighted by molar-refractivity contribution is 6.34. The van der Waals surface area contributed by atoms with Gasteiger partial charge in [-0.25, -0.2) is 0 Å². The summed E-state index contributed by atoms with van der Waals surface area (Å²) >= 11 is 5.92. The molecule has 0 aromatic heterocycles. The van der Waals surface area contributed by atoms with Crippen LogP contribution in [0, 0.1) is 21.4 Å². The molecular formula is C17H12ClN3O4. The van der Waals surface area contributed by atoms with Crippen molar-refractivity contribution in [3.8, 4) is 11.8 Å². The van der Waals surface area contributed by atoms with Crippen molar-refractivity contribution in [1.82, 2.24) is 0 Å². The Kier molecular flexibility index (Phi) is 5.71. The molecule has 1 amide bonds. The molecule has 0 aliphatic rings. The number of nitriles is 1. The van der Waals surface area contributed by atoms with Gasteiger partial charge in [0, 0.05) is 12.1 Å². The molecule has 0 radical (unpaired) electrons. The van der Waals surface area contributed by atoms with E-state index in [1.165, 1.54) is 25.3 Å². The number of nitro groups is 1. The van der Waals surface area contributed by atoms with Gasteiger partial charge in [0.15, 0.2) is 0 Å². The second-order valence-corrected chi connectivity index (χ2v) is 5.23. The largest absolute Gasteiger partial charge is 0.497 e. The van der Waals surface area contributed by atoms with Crippen LogP contribution in [0.2, 0.25) is 5.02 Å². The fourth-order valence-electron chi connectivity index (χ4n) is 1.92. The van der Waals surface area contributed by atoms with E-state index in [1.54, 1.807) is 24.3 Å². The van der Waals surface area contributed by atoms with Crippen LogP contribution in [-0.4, -0.2) is 17.9 Å². The van der Waals surface area contributed by atoms with E-state index in [4.69, 9.17) is 16.3 Å². The lowest BCUT2D eigenvalue weighted by Crippen LogP contribution is -2.13. The molecule has 0 aliphatic heterocycles. The topological polar surface area (TPSA) is 105 Å². The van der Waals surface area contributed by atoms with Crippen molar-refractivity contribution in [2.75, 3.05) is 12.4 Å². The summed E-state index contributed by atoms with van der Waals surface area (Å²) in [6.45, 7) is 0. The van der Waals surface area contributed by atoms with Gasteiger partial charge in [0.2, 0.25) is 0 Å². The molecule has 0 atom stereocenters. The third-order valence-electron chi connectivity index (χ3n) is 3.20. The molecule has 0 heterocycles. The molecule has 2 rings (SSSR count). The fourth-order valence-corrected chi connectivity index (χ4v) is 2.15. The minimum absolute atomic E-state index is 0.00397. The summed E-state index contributed by atoms with van der Waals surface area (Å²) in [5.41, 5.74) is 0.479. The van der Waals surface area contributed by atoms with E-state index in [-0.39, 0.29) is 22.0 Å². The fraction of sp³-hybridized carbons (Fsp3) is 0.0588. The first-order valence-electron chi connectivity index (χ1n) is 6.95. The molecule has 0 aliphatic carbocycles. The maximum absolute atomic E-state index is 12.2. The van der Waals surface area contributed by atoms with E-state index in [2.05, 4.69) is 5.32 Å². The first-order valence-corrected chi connectivity index (χ1v) is 7.33. The van der Waals surface area contributed by atoms with Crippen LogP contribution in [0.15, 0.2) is 48.0 Å². The monoisotopic (exact) mass is 357 g/mol. The van der Waals surface area contributed by atoms with E-state index < -0.39 is 10.8 Å². The summed E-state index contributed by atoms with van der Waals surface area (Å²) in [5.74, 6) is -0.0214. The molecule has 0 spiro atoms. The molecule has 0 fully saturated rings. The van der Waals surface area contributed by atoms with Gasteiger partial charge in [0.05, 0.1) is 22.7 Å². The molecule has 2 aromatic rings. The zero-order chi connectivity index (χ0) is 18.4. The third kappa shape index (κ3) is 4.56. The zero-order valence-corrected chi connectivity index (χ0v) is 13.8. The van der Waals surface area contributed by atoms with Crippen molar-refractivity contribution < 1.29 is 14.5 Å². The maximum Gasteiger partial charge on any atom is 0.271 e. The van der Waals surface area contributed by atoms with Crippen molar-refractivity contribution >= 4 is 35.0 Å². The number of amides is 1. The zero-order valence-electron chi connectivity index (χ0n) is 13.0. The van der Waals surface area contributed by atoms with Crippen LogP contribution in [0.5, 0.6) is 5.75 Å². The number of nitro benzene ring substituents is 1. The van der Waals surface area contributed by atoms with Gasteiger partial charge in [-0.15, -0.1) is 0 Å². The van der Waals surface area contributed by atoms with Gasteiger partial charge in [-0.1, -0.05) is 23.7 Å². The summed E-state index contributed by atoms with van der Waals surface area (Å²) in [6, 6.07) is 12.2. The number of non-ortho nitro benzene ring substituents is 1. The number of halogens is 1. The Labute approximate surface area is 148 Å². The van der Waals surface area contributed by atoms with E-state index in [0.717, 1.165) is 6.07 Å². The number of methoxy groups -OCH3 is 1. The number of hydrogen-bond acceptors (Lipinski definition) is 5. The Morgan fingerprint density at radius 2 is 2.00 bits per heavy atom. The Morgan fingerprint density at radius 3 is 2.52 bits per heavy atom. The quantitative estimate of drug-likeness (QED) is 0.379. The van der Waals surface area contributed by atoms with Crippen LogP contribution in [0.3, 0.4) is 0 Å². The Morgan fingerprint density at radius 1 is 1.32 bits per heavy atom. The van der Waals surface area contributed by atoms with Crippen molar-refractivity contribution in [2.24, 2.45) is 0 Å². The Bertz CT molecular complexity index is 886. The second kappa shape index (κ2) is 7.95. The number of anilines is 1. The predicted octanol–water partition coefficient (Wildman–Crippen LogP) is 3.80. The molecule has 0 bridgehead atoms. The first-order chi connectivity index (χ1) is 11.9. The highest BCUT2D eigenvalue weighted by Crippen LogP contribution is 2.27. The highest BCUT2D eigenvalue weighted by atomic mass is 35.5. The van der Waals surface area contributed by atoms with Crippen LogP contribution in [-0.2, 0) is 4.79 Å². The Balaban J connectivity index is 2.21. The number of carbonyl (C=O) groups is 1. The van der Waals surface area contributed by atoms with Gasteiger partial charge in [0.25, 0.3) is 11.6 Å². The lowest BCUT2D eigenvalue weighted by atomic mass is 10.1. The van der Waals surface area contributed by atoms with Crippen LogP contribution in [0.25, 0.3) is 6.08 Å². The number of benzene rings is 2. The summed E-state index contributed by atoms with van der Waals surface area (Å²) in [4.78, 5) is 22.3. The van der Waals surface area contributed by atoms with E-state index >= 15 is 0 Å². The van der Waals surface area contributed by atoms with Crippen molar-refractivity contribution in [2.45, 2.75) is 0 Å². The molecule has 126 valence electrons. The van der Waals surface area contributed by atoms with Gasteiger partial charge in [-0.05, 0) is 29.8 Å². The number of nitrogens with zero attached hydrogens (tertiary/aromatic N) is 2. The predicted molar refractivity (Wildman–Crippen MR) is 93.3 cm³/mol. The lowest BCUT2D eigenvalue weighted by Gasteiger charge is -2.06. The molecule has 0 saturated carbocycles. The first kappa shape index (κ1) is 18.0. The van der Waals surface area contributed by atoms with Gasteiger partial charge in [-0.3, -0.25) is 14.9 Å². The molecule has 0 unspecified atom stereocenters. The summed E-state index contributed by atoms with van der Waals surface area (Å²) in [7, 11) is 1.53. The van der Waals surface area contributed by atoms with Gasteiger partial charge >= 0.3 is 0 Å². The number of ether oxygens (including phenoxy) is 1. The van der Waals surface area contributed by atoms with Crippen LogP contribution in [0.4, 0.5) is 11.4 Å². The minimum Gasteiger partial charge on any atom is -0.497 e. The smallest absolute Gasteiger partial charge is 0.271 e. The molecule has 8 heteroatoms. The lowest BCUT2D eigenvalue weighted by molar-refractivity contribution is -0.384. The molecule has 2 aromatic carbocycles. The number of nitrogens with one attached hydrogen (secondary N) is 1. The summed E-state index contributed by atoms with van der Waals surface area (Å²) in [6.07, 6.45) is 1.41. The van der Waals surface area contributed by atoms with Crippen molar-refractivity contribution in [3.63, 3.8) is 0 Å². The van der Waals surface area contributed by atoms with Gasteiger partial charge in [0.1, 0.15) is 17.4 Å².